The smallest absolute Gasteiger partial charge is 0.376 e. The first kappa shape index (κ1) is 22.2. The molecule has 0 saturated carbocycles. The van der Waals surface area contributed by atoms with E-state index in [-0.39, 0.29) is 21.1 Å². The van der Waals surface area contributed by atoms with Gasteiger partial charge in [0.1, 0.15) is 0 Å². The predicted octanol–water partition coefficient (Wildman–Crippen LogP) is 3.94. The molecule has 0 aliphatic rings. The topological polar surface area (TPSA) is 27.7 Å². The van der Waals surface area contributed by atoms with Gasteiger partial charge in [0.15, 0.2) is 0 Å². The Morgan fingerprint density at radius 2 is 1.05 bits per heavy atom. The summed E-state index contributed by atoms with van der Waals surface area (Å²) in [4.78, 5) is 0. The molecule has 0 aromatic heterocycles. The average molecular weight is 397 g/mol. The van der Waals surface area contributed by atoms with Gasteiger partial charge in [0, 0.05) is 19.8 Å². The van der Waals surface area contributed by atoms with Gasteiger partial charge in [0.25, 0.3) is 0 Å². The maximum atomic E-state index is 5.22. The van der Waals surface area contributed by atoms with E-state index < -0.39 is 9.53 Å². The van der Waals surface area contributed by atoms with Gasteiger partial charge in [-0.15, -0.1) is 0 Å². The Hall–Kier alpha value is 0.896. The van der Waals surface area contributed by atoms with Crippen LogP contribution in [-0.4, -0.2) is 50.5 Å². The molecule has 0 aliphatic heterocycles. The van der Waals surface area contributed by atoms with Crippen molar-refractivity contribution in [1.29, 1.82) is 0 Å². The molecule has 0 amide bonds. The van der Waals surface area contributed by atoms with Gasteiger partial charge >= 0.3 is 79.1 Å². The van der Waals surface area contributed by atoms with Crippen molar-refractivity contribution in [1.82, 2.24) is 0 Å². The van der Waals surface area contributed by atoms with Crippen LogP contribution in [0.1, 0.15) is 60.3 Å². The van der Waals surface area contributed by atoms with Crippen LogP contribution >= 0.6 is 0 Å². The minimum absolute atomic E-state index is 0.149. The number of hydrogen-bond acceptors (Lipinski definition) is 3. The molecule has 0 fully saturated rings. The van der Waals surface area contributed by atoms with E-state index in [0.717, 1.165) is 0 Å². The van der Waals surface area contributed by atoms with Gasteiger partial charge in [-0.2, -0.15) is 0 Å². The first-order chi connectivity index (χ1) is 9.26. The molecular formula is C14H34O3SiSn. The van der Waals surface area contributed by atoms with Gasteiger partial charge in [0.2, 0.25) is 0 Å². The molecule has 0 N–H and O–H groups in total. The van der Waals surface area contributed by atoms with Crippen molar-refractivity contribution in [3.05, 3.63) is 0 Å². The third-order valence-electron chi connectivity index (χ3n) is 2.32. The SMILES string of the molecule is CCC[CH2][Sn][CH2]CCC.CCO[SiH](OCC)OCC. The first-order valence-electron chi connectivity index (χ1n) is 7.82. The van der Waals surface area contributed by atoms with E-state index >= 15 is 0 Å². The van der Waals surface area contributed by atoms with E-state index in [4.69, 9.17) is 13.3 Å². The van der Waals surface area contributed by atoms with Crippen molar-refractivity contribution in [3.63, 3.8) is 0 Å². The van der Waals surface area contributed by atoms with Crippen molar-refractivity contribution >= 4 is 30.7 Å². The zero-order valence-corrected chi connectivity index (χ0v) is 17.7. The molecule has 0 bridgehead atoms. The molecule has 5 heteroatoms. The molecular weight excluding hydrogens is 363 g/mol. The molecule has 0 rings (SSSR count). The Bertz CT molecular complexity index is 130. The van der Waals surface area contributed by atoms with Gasteiger partial charge in [0.05, 0.1) is 0 Å². The molecule has 0 aromatic rings. The van der Waals surface area contributed by atoms with E-state index in [1.54, 1.807) is 8.87 Å². The minimum Gasteiger partial charge on any atom is -0.376 e. The third-order valence-corrected chi connectivity index (χ3v) is 8.18. The van der Waals surface area contributed by atoms with Crippen LogP contribution in [0.15, 0.2) is 0 Å². The summed E-state index contributed by atoms with van der Waals surface area (Å²) in [6.45, 7) is 12.4. The maximum Gasteiger partial charge on any atom is 0.484 e. The monoisotopic (exact) mass is 398 g/mol. The molecule has 0 saturated heterocycles. The summed E-state index contributed by atoms with van der Waals surface area (Å²) in [5.41, 5.74) is 0. The molecule has 0 atom stereocenters. The Labute approximate surface area is 133 Å². The average Bonchev–Trinajstić information content (AvgIpc) is 2.40. The van der Waals surface area contributed by atoms with Crippen molar-refractivity contribution in [2.45, 2.75) is 69.2 Å². The Morgan fingerprint density at radius 3 is 1.32 bits per heavy atom. The van der Waals surface area contributed by atoms with Crippen LogP contribution in [0.4, 0.5) is 0 Å². The fourth-order valence-corrected chi connectivity index (χ4v) is 6.55. The van der Waals surface area contributed by atoms with E-state index in [1.165, 1.54) is 25.7 Å². The summed E-state index contributed by atoms with van der Waals surface area (Å²) >= 11 is 0.149. The van der Waals surface area contributed by atoms with E-state index in [2.05, 4.69) is 13.8 Å². The molecule has 19 heavy (non-hydrogen) atoms. The normalized spacial score (nSPS) is 10.4. The van der Waals surface area contributed by atoms with Crippen LogP contribution in [0.5, 0.6) is 0 Å². The number of unbranched alkanes of at least 4 members (excludes halogenated alkanes) is 2. The van der Waals surface area contributed by atoms with E-state index in [9.17, 15) is 0 Å². The minimum atomic E-state index is -1.73. The quantitative estimate of drug-likeness (QED) is 0.369. The van der Waals surface area contributed by atoms with Gasteiger partial charge in [-0.1, -0.05) is 0 Å². The van der Waals surface area contributed by atoms with Gasteiger partial charge in [-0.25, -0.2) is 0 Å². The molecule has 2 radical (unpaired) electrons. The van der Waals surface area contributed by atoms with E-state index in [0.29, 0.717) is 19.8 Å². The molecule has 116 valence electrons. The third kappa shape index (κ3) is 21.3. The zero-order chi connectivity index (χ0) is 14.8. The first-order valence-corrected chi connectivity index (χ1v) is 13.3. The molecule has 0 spiro atoms. The van der Waals surface area contributed by atoms with Crippen LogP contribution in [0.2, 0.25) is 8.87 Å². The van der Waals surface area contributed by atoms with Crippen molar-refractivity contribution in [2.24, 2.45) is 0 Å². The summed E-state index contributed by atoms with van der Waals surface area (Å²) in [6, 6.07) is 0. The molecule has 3 nitrogen and oxygen atoms in total. The Kier molecular flexibility index (Phi) is 24.7. The summed E-state index contributed by atoms with van der Waals surface area (Å²) in [5, 5.41) is 0. The molecule has 0 heterocycles. The van der Waals surface area contributed by atoms with Crippen molar-refractivity contribution in [3.8, 4) is 0 Å². The van der Waals surface area contributed by atoms with Gasteiger partial charge < -0.3 is 13.3 Å². The fraction of sp³-hybridized carbons (Fsp3) is 1.00. The van der Waals surface area contributed by atoms with Crippen molar-refractivity contribution < 1.29 is 13.3 Å². The Balaban J connectivity index is 0. The van der Waals surface area contributed by atoms with Crippen LogP contribution < -0.4 is 0 Å². The van der Waals surface area contributed by atoms with Crippen LogP contribution in [0.3, 0.4) is 0 Å². The maximum absolute atomic E-state index is 5.22. The summed E-state index contributed by atoms with van der Waals surface area (Å²) in [5.74, 6) is 0. The van der Waals surface area contributed by atoms with Crippen LogP contribution in [-0.2, 0) is 13.3 Å². The van der Waals surface area contributed by atoms with Crippen LogP contribution in [0.25, 0.3) is 0 Å². The second-order valence-electron chi connectivity index (χ2n) is 4.11. The van der Waals surface area contributed by atoms with Gasteiger partial charge in [-0.05, 0) is 20.8 Å². The summed E-state index contributed by atoms with van der Waals surface area (Å²) in [7, 11) is -1.73. The van der Waals surface area contributed by atoms with Gasteiger partial charge in [-0.3, -0.25) is 0 Å². The largest absolute Gasteiger partial charge is 0.484 e. The van der Waals surface area contributed by atoms with Crippen LogP contribution in [0, 0.1) is 0 Å². The zero-order valence-electron chi connectivity index (χ0n) is 13.7. The van der Waals surface area contributed by atoms with E-state index in [1.807, 2.05) is 20.8 Å². The molecule has 0 aliphatic carbocycles. The number of hydrogen-bond donors (Lipinski definition) is 0. The second-order valence-corrected chi connectivity index (χ2v) is 9.97. The van der Waals surface area contributed by atoms with Crippen molar-refractivity contribution in [2.75, 3.05) is 19.8 Å². The Morgan fingerprint density at radius 1 is 0.684 bits per heavy atom. The number of rotatable bonds is 12. The molecule has 0 aromatic carbocycles. The summed E-state index contributed by atoms with van der Waals surface area (Å²) < 4.78 is 18.9. The predicted molar refractivity (Wildman–Crippen MR) is 87.2 cm³/mol. The summed E-state index contributed by atoms with van der Waals surface area (Å²) in [6.07, 6.45) is 5.84. The standard InChI is InChI=1S/C6H16O3Si.2C4H9.Sn/c1-4-7-10(8-5-2)9-6-3;2*1-3-4-2;/h10H,4-6H2,1-3H3;2*1,3-4H2,2H3;. The second kappa shape index (κ2) is 21.2. The molecule has 0 unspecified atom stereocenters. The fourth-order valence-electron chi connectivity index (χ4n) is 1.28.